The molecule has 0 bridgehead atoms. The number of nitrogens with one attached hydrogen (secondary N) is 3. The first-order valence-corrected chi connectivity index (χ1v) is 9.25. The lowest BCUT2D eigenvalue weighted by Crippen LogP contribution is -2.12. The van der Waals surface area contributed by atoms with E-state index in [-0.39, 0.29) is 11.8 Å². The average molecular weight is 392 g/mol. The fourth-order valence-electron chi connectivity index (χ4n) is 2.66. The molecule has 0 fully saturated rings. The zero-order valence-electron chi connectivity index (χ0n) is 14.9. The Labute approximate surface area is 164 Å². The van der Waals surface area contributed by atoms with Crippen LogP contribution in [0.15, 0.2) is 60.7 Å². The maximum absolute atomic E-state index is 12.5. The molecular weight excluding hydrogens is 376 g/mol. The molecule has 0 aliphatic carbocycles. The summed E-state index contributed by atoms with van der Waals surface area (Å²) in [6.07, 6.45) is 0. The van der Waals surface area contributed by atoms with Gasteiger partial charge in [-0.15, -0.1) is 11.3 Å². The van der Waals surface area contributed by atoms with Crippen LogP contribution in [0.5, 0.6) is 5.75 Å². The van der Waals surface area contributed by atoms with Gasteiger partial charge in [-0.2, -0.15) is 5.10 Å². The molecule has 2 aromatic carbocycles. The number of anilines is 2. The van der Waals surface area contributed by atoms with E-state index in [1.807, 2.05) is 30.3 Å². The third-order valence-electron chi connectivity index (χ3n) is 4.10. The highest BCUT2D eigenvalue weighted by Crippen LogP contribution is 2.30. The Balaban J connectivity index is 1.52. The fraction of sp³-hybridized carbons (Fsp3) is 0.0500. The number of ether oxygens (including phenoxy) is 1. The number of aromatic nitrogens is 2. The van der Waals surface area contributed by atoms with Gasteiger partial charge < -0.3 is 15.4 Å². The summed E-state index contributed by atoms with van der Waals surface area (Å²) in [5.41, 5.74) is 1.20. The van der Waals surface area contributed by atoms with E-state index in [2.05, 4.69) is 20.8 Å². The molecule has 0 atom stereocenters. The van der Waals surface area contributed by atoms with Crippen LogP contribution in [-0.4, -0.2) is 29.1 Å². The first-order chi connectivity index (χ1) is 13.6. The van der Waals surface area contributed by atoms with E-state index in [4.69, 9.17) is 4.74 Å². The van der Waals surface area contributed by atoms with E-state index >= 15 is 0 Å². The molecule has 2 heterocycles. The summed E-state index contributed by atoms with van der Waals surface area (Å²) >= 11 is 1.25. The van der Waals surface area contributed by atoms with E-state index < -0.39 is 0 Å². The van der Waals surface area contributed by atoms with Crippen molar-refractivity contribution in [2.24, 2.45) is 0 Å². The van der Waals surface area contributed by atoms with Crippen LogP contribution in [0.25, 0.3) is 10.2 Å². The summed E-state index contributed by atoms with van der Waals surface area (Å²) in [6.45, 7) is 0. The standard InChI is InChI=1S/C20H16N4O3S/c1-27-14-9-7-12(8-10-14)18(25)22-17-15-11-16(28-20(15)24-23-17)19(26)21-13-5-3-2-4-6-13/h2-11H,1H3,(H,21,26)(H2,22,23,24,25). The minimum Gasteiger partial charge on any atom is -0.497 e. The second kappa shape index (κ2) is 7.53. The van der Waals surface area contributed by atoms with Gasteiger partial charge in [0.25, 0.3) is 11.8 Å². The van der Waals surface area contributed by atoms with Crippen LogP contribution in [0.2, 0.25) is 0 Å². The number of fused-ring (bicyclic) bond motifs is 1. The monoisotopic (exact) mass is 392 g/mol. The summed E-state index contributed by atoms with van der Waals surface area (Å²) in [6, 6.07) is 17.7. The number of carbonyl (C=O) groups is 2. The van der Waals surface area contributed by atoms with Crippen LogP contribution in [0.3, 0.4) is 0 Å². The van der Waals surface area contributed by atoms with Crippen LogP contribution in [0.4, 0.5) is 11.5 Å². The number of methoxy groups -OCH3 is 1. The largest absolute Gasteiger partial charge is 0.497 e. The minimum absolute atomic E-state index is 0.221. The predicted molar refractivity (Wildman–Crippen MR) is 109 cm³/mol. The van der Waals surface area contributed by atoms with Gasteiger partial charge in [-0.1, -0.05) is 18.2 Å². The Kier molecular flexibility index (Phi) is 4.77. The lowest BCUT2D eigenvalue weighted by molar-refractivity contribution is 0.102. The van der Waals surface area contributed by atoms with Crippen LogP contribution in [-0.2, 0) is 0 Å². The summed E-state index contributed by atoms with van der Waals surface area (Å²) < 4.78 is 5.10. The van der Waals surface area contributed by atoms with Crippen LogP contribution in [0, 0.1) is 0 Å². The van der Waals surface area contributed by atoms with Gasteiger partial charge in [0.2, 0.25) is 0 Å². The number of nitrogens with zero attached hydrogens (tertiary/aromatic N) is 1. The molecule has 3 N–H and O–H groups in total. The van der Waals surface area contributed by atoms with E-state index in [0.717, 1.165) is 0 Å². The van der Waals surface area contributed by atoms with Crippen molar-refractivity contribution in [1.82, 2.24) is 10.2 Å². The Morgan fingerprint density at radius 2 is 1.75 bits per heavy atom. The minimum atomic E-state index is -0.283. The van der Waals surface area contributed by atoms with Crippen molar-refractivity contribution in [3.63, 3.8) is 0 Å². The Hall–Kier alpha value is -3.65. The molecule has 8 heteroatoms. The second-order valence-corrected chi connectivity index (χ2v) is 6.96. The number of thiophene rings is 1. The summed E-state index contributed by atoms with van der Waals surface area (Å²) in [4.78, 5) is 26.1. The molecule has 0 saturated carbocycles. The Morgan fingerprint density at radius 3 is 2.46 bits per heavy atom. The SMILES string of the molecule is COc1ccc(C(=O)Nc2[nH]nc3sc(C(=O)Nc4ccccc4)cc23)cc1. The van der Waals surface area contributed by atoms with Gasteiger partial charge in [-0.25, -0.2) is 0 Å². The van der Waals surface area contributed by atoms with Crippen molar-refractivity contribution in [1.29, 1.82) is 0 Å². The molecule has 0 saturated heterocycles. The van der Waals surface area contributed by atoms with E-state index in [1.165, 1.54) is 11.3 Å². The van der Waals surface area contributed by atoms with Crippen LogP contribution < -0.4 is 15.4 Å². The number of rotatable bonds is 5. The molecule has 28 heavy (non-hydrogen) atoms. The normalized spacial score (nSPS) is 10.6. The number of para-hydroxylation sites is 1. The third-order valence-corrected chi connectivity index (χ3v) is 5.12. The molecule has 0 unspecified atom stereocenters. The van der Waals surface area contributed by atoms with Crippen LogP contribution in [0.1, 0.15) is 20.0 Å². The first kappa shape index (κ1) is 17.7. The number of amides is 2. The molecule has 0 aliphatic heterocycles. The lowest BCUT2D eigenvalue weighted by atomic mass is 10.2. The zero-order valence-corrected chi connectivity index (χ0v) is 15.7. The molecule has 2 amide bonds. The number of H-pyrrole nitrogens is 1. The van der Waals surface area contributed by atoms with Crippen molar-refractivity contribution >= 4 is 44.9 Å². The number of hydrogen-bond donors (Lipinski definition) is 3. The van der Waals surface area contributed by atoms with Gasteiger partial charge in [-0.05, 0) is 42.5 Å². The molecule has 0 aliphatic rings. The van der Waals surface area contributed by atoms with E-state index in [0.29, 0.717) is 37.9 Å². The van der Waals surface area contributed by atoms with Crippen molar-refractivity contribution in [2.45, 2.75) is 0 Å². The first-order valence-electron chi connectivity index (χ1n) is 8.44. The van der Waals surface area contributed by atoms with Crippen LogP contribution >= 0.6 is 11.3 Å². The third kappa shape index (κ3) is 3.58. The molecular formula is C20H16N4O3S. The smallest absolute Gasteiger partial charge is 0.265 e. The maximum atomic E-state index is 12.5. The summed E-state index contributed by atoms with van der Waals surface area (Å²) in [5.74, 6) is 0.620. The fourth-order valence-corrected chi connectivity index (χ4v) is 3.55. The molecule has 4 aromatic rings. The van der Waals surface area contributed by atoms with Crippen molar-refractivity contribution in [2.75, 3.05) is 17.7 Å². The number of aromatic amines is 1. The molecule has 0 spiro atoms. The molecule has 4 rings (SSSR count). The molecule has 140 valence electrons. The van der Waals surface area contributed by atoms with Gasteiger partial charge >= 0.3 is 0 Å². The quantitative estimate of drug-likeness (QED) is 0.476. The lowest BCUT2D eigenvalue weighted by Gasteiger charge is -2.04. The molecule has 7 nitrogen and oxygen atoms in total. The van der Waals surface area contributed by atoms with E-state index in [1.54, 1.807) is 37.4 Å². The van der Waals surface area contributed by atoms with Gasteiger partial charge in [0, 0.05) is 11.3 Å². The van der Waals surface area contributed by atoms with E-state index in [9.17, 15) is 9.59 Å². The van der Waals surface area contributed by atoms with Gasteiger partial charge in [-0.3, -0.25) is 14.7 Å². The molecule has 2 aromatic heterocycles. The zero-order chi connectivity index (χ0) is 19.5. The Morgan fingerprint density at radius 1 is 1.00 bits per heavy atom. The topological polar surface area (TPSA) is 96.1 Å². The second-order valence-electron chi connectivity index (χ2n) is 5.93. The Bertz CT molecular complexity index is 1130. The summed E-state index contributed by atoms with van der Waals surface area (Å²) in [7, 11) is 1.57. The highest BCUT2D eigenvalue weighted by molar-refractivity contribution is 7.20. The highest BCUT2D eigenvalue weighted by Gasteiger charge is 2.17. The summed E-state index contributed by atoms with van der Waals surface area (Å²) in [5, 5.41) is 13.3. The van der Waals surface area contributed by atoms with Gasteiger partial charge in [0.05, 0.1) is 17.4 Å². The number of hydrogen-bond acceptors (Lipinski definition) is 5. The van der Waals surface area contributed by atoms with Crippen molar-refractivity contribution in [3.05, 3.63) is 71.1 Å². The van der Waals surface area contributed by atoms with Gasteiger partial charge in [0.15, 0.2) is 0 Å². The number of benzene rings is 2. The van der Waals surface area contributed by atoms with Crippen molar-refractivity contribution in [3.8, 4) is 5.75 Å². The average Bonchev–Trinajstić information content (AvgIpc) is 3.31. The van der Waals surface area contributed by atoms with Gasteiger partial charge in [0.1, 0.15) is 16.4 Å². The highest BCUT2D eigenvalue weighted by atomic mass is 32.1. The predicted octanol–water partition coefficient (Wildman–Crippen LogP) is 4.14. The number of carbonyl (C=O) groups excluding carboxylic acids is 2. The maximum Gasteiger partial charge on any atom is 0.265 e. The molecule has 0 radical (unpaired) electrons. The van der Waals surface area contributed by atoms with Crippen molar-refractivity contribution < 1.29 is 14.3 Å².